The van der Waals surface area contributed by atoms with E-state index in [0.717, 1.165) is 32.5 Å². The van der Waals surface area contributed by atoms with Crippen molar-refractivity contribution in [3.63, 3.8) is 0 Å². The molecule has 1 fully saturated rings. The van der Waals surface area contributed by atoms with Crippen molar-refractivity contribution in [1.82, 2.24) is 15.1 Å². The van der Waals surface area contributed by atoms with Crippen LogP contribution in [-0.2, 0) is 11.3 Å². The fourth-order valence-electron chi connectivity index (χ4n) is 2.06. The zero-order chi connectivity index (χ0) is 11.4. The molecule has 0 saturated carbocycles. The first-order valence-corrected chi connectivity index (χ1v) is 5.62. The first-order valence-electron chi connectivity index (χ1n) is 5.62. The van der Waals surface area contributed by atoms with Crippen molar-refractivity contribution in [3.05, 3.63) is 18.0 Å². The van der Waals surface area contributed by atoms with Crippen molar-refractivity contribution in [2.75, 3.05) is 20.2 Å². The van der Waals surface area contributed by atoms with Gasteiger partial charge >= 0.3 is 5.97 Å². The first kappa shape index (κ1) is 11.1. The number of carbonyl (C=O) groups is 1. The molecule has 0 spiro atoms. The Balaban J connectivity index is 2.03. The summed E-state index contributed by atoms with van der Waals surface area (Å²) in [6.45, 7) is 2.91. The molecule has 1 aliphatic heterocycles. The Morgan fingerprint density at radius 3 is 3.06 bits per heavy atom. The number of carbonyl (C=O) groups excluding carboxylic acids is 1. The minimum Gasteiger partial charge on any atom is -0.464 e. The molecule has 0 aromatic carbocycles. The highest BCUT2D eigenvalue weighted by Gasteiger charge is 2.18. The third-order valence-corrected chi connectivity index (χ3v) is 3.00. The number of piperidine rings is 1. The average Bonchev–Trinajstić information content (AvgIpc) is 2.77. The Kier molecular flexibility index (Phi) is 3.56. The van der Waals surface area contributed by atoms with E-state index in [9.17, 15) is 4.79 Å². The summed E-state index contributed by atoms with van der Waals surface area (Å²) in [7, 11) is 1.39. The maximum Gasteiger partial charge on any atom is 0.356 e. The summed E-state index contributed by atoms with van der Waals surface area (Å²) >= 11 is 0. The maximum atomic E-state index is 11.4. The Morgan fingerprint density at radius 2 is 2.38 bits per heavy atom. The molecule has 5 nitrogen and oxygen atoms in total. The smallest absolute Gasteiger partial charge is 0.356 e. The van der Waals surface area contributed by atoms with Crippen molar-refractivity contribution in [1.29, 1.82) is 0 Å². The van der Waals surface area contributed by atoms with Gasteiger partial charge in [-0.1, -0.05) is 0 Å². The third-order valence-electron chi connectivity index (χ3n) is 3.00. The molecule has 1 N–H and O–H groups in total. The molecule has 1 aromatic heterocycles. The van der Waals surface area contributed by atoms with Crippen molar-refractivity contribution >= 4 is 5.97 Å². The van der Waals surface area contributed by atoms with Crippen LogP contribution in [0.2, 0.25) is 0 Å². The van der Waals surface area contributed by atoms with E-state index in [-0.39, 0.29) is 5.97 Å². The molecule has 0 aliphatic carbocycles. The molecule has 2 rings (SSSR count). The van der Waals surface area contributed by atoms with E-state index >= 15 is 0 Å². The zero-order valence-corrected chi connectivity index (χ0v) is 9.48. The number of methoxy groups -OCH3 is 1. The van der Waals surface area contributed by atoms with Gasteiger partial charge in [-0.2, -0.15) is 5.10 Å². The van der Waals surface area contributed by atoms with Crippen LogP contribution < -0.4 is 5.32 Å². The topological polar surface area (TPSA) is 56.1 Å². The molecule has 16 heavy (non-hydrogen) atoms. The SMILES string of the molecule is COC(=O)c1ccnn1CC1CCNCC1. The fourth-order valence-corrected chi connectivity index (χ4v) is 2.06. The summed E-state index contributed by atoms with van der Waals surface area (Å²) in [5.74, 6) is 0.288. The molecule has 0 radical (unpaired) electrons. The highest BCUT2D eigenvalue weighted by atomic mass is 16.5. The quantitative estimate of drug-likeness (QED) is 0.765. The lowest BCUT2D eigenvalue weighted by molar-refractivity contribution is 0.0584. The van der Waals surface area contributed by atoms with Crippen LogP contribution in [0.15, 0.2) is 12.3 Å². The van der Waals surface area contributed by atoms with Crippen LogP contribution in [0.1, 0.15) is 23.3 Å². The average molecular weight is 223 g/mol. The summed E-state index contributed by atoms with van der Waals surface area (Å²) in [6, 6.07) is 1.70. The normalized spacial score (nSPS) is 17.3. The maximum absolute atomic E-state index is 11.4. The number of nitrogens with one attached hydrogen (secondary N) is 1. The van der Waals surface area contributed by atoms with Gasteiger partial charge in [-0.05, 0) is 37.9 Å². The number of hydrogen-bond acceptors (Lipinski definition) is 4. The van der Waals surface area contributed by atoms with Gasteiger partial charge in [-0.15, -0.1) is 0 Å². The van der Waals surface area contributed by atoms with E-state index in [2.05, 4.69) is 10.4 Å². The van der Waals surface area contributed by atoms with Gasteiger partial charge in [-0.25, -0.2) is 4.79 Å². The van der Waals surface area contributed by atoms with Gasteiger partial charge in [0.2, 0.25) is 0 Å². The molecule has 2 heterocycles. The van der Waals surface area contributed by atoms with Crippen LogP contribution >= 0.6 is 0 Å². The van der Waals surface area contributed by atoms with Gasteiger partial charge in [0.25, 0.3) is 0 Å². The molecule has 1 aliphatic rings. The minimum absolute atomic E-state index is 0.313. The minimum atomic E-state index is -0.313. The van der Waals surface area contributed by atoms with Crippen LogP contribution in [0.3, 0.4) is 0 Å². The van der Waals surface area contributed by atoms with E-state index in [4.69, 9.17) is 4.74 Å². The molecule has 0 unspecified atom stereocenters. The molecule has 0 amide bonds. The monoisotopic (exact) mass is 223 g/mol. The number of ether oxygens (including phenoxy) is 1. The van der Waals surface area contributed by atoms with Gasteiger partial charge in [0.1, 0.15) is 5.69 Å². The van der Waals surface area contributed by atoms with Crippen LogP contribution in [0.25, 0.3) is 0 Å². The van der Waals surface area contributed by atoms with E-state index in [1.807, 2.05) is 0 Å². The van der Waals surface area contributed by atoms with Crippen LogP contribution in [0, 0.1) is 5.92 Å². The summed E-state index contributed by atoms with van der Waals surface area (Å²) in [6.07, 6.45) is 3.92. The molecule has 0 bridgehead atoms. The van der Waals surface area contributed by atoms with Gasteiger partial charge in [0.05, 0.1) is 7.11 Å². The first-order chi connectivity index (χ1) is 7.81. The lowest BCUT2D eigenvalue weighted by Crippen LogP contribution is -2.30. The second kappa shape index (κ2) is 5.12. The second-order valence-corrected chi connectivity index (χ2v) is 4.08. The van der Waals surface area contributed by atoms with E-state index in [1.54, 1.807) is 16.9 Å². The third kappa shape index (κ3) is 2.41. The van der Waals surface area contributed by atoms with Gasteiger partial charge < -0.3 is 10.1 Å². The lowest BCUT2D eigenvalue weighted by atomic mass is 9.98. The molecular weight excluding hydrogens is 206 g/mol. The Bertz CT molecular complexity index is 356. The fraction of sp³-hybridized carbons (Fsp3) is 0.636. The van der Waals surface area contributed by atoms with Crippen molar-refractivity contribution in [2.45, 2.75) is 19.4 Å². The number of nitrogens with zero attached hydrogens (tertiary/aromatic N) is 2. The molecular formula is C11H17N3O2. The second-order valence-electron chi connectivity index (χ2n) is 4.08. The van der Waals surface area contributed by atoms with E-state index < -0.39 is 0 Å². The van der Waals surface area contributed by atoms with Crippen LogP contribution in [-0.4, -0.2) is 35.9 Å². The number of aromatic nitrogens is 2. The number of esters is 1. The predicted octanol–water partition coefficient (Wildman–Crippen LogP) is 0.669. The largest absolute Gasteiger partial charge is 0.464 e. The summed E-state index contributed by atoms with van der Waals surface area (Å²) in [4.78, 5) is 11.4. The van der Waals surface area contributed by atoms with E-state index in [0.29, 0.717) is 11.6 Å². The van der Waals surface area contributed by atoms with Gasteiger partial charge in [-0.3, -0.25) is 4.68 Å². The Labute approximate surface area is 94.8 Å². The molecule has 5 heteroatoms. The summed E-state index contributed by atoms with van der Waals surface area (Å²) < 4.78 is 6.46. The summed E-state index contributed by atoms with van der Waals surface area (Å²) in [5.41, 5.74) is 0.543. The number of rotatable bonds is 3. The van der Waals surface area contributed by atoms with Crippen LogP contribution in [0.5, 0.6) is 0 Å². The zero-order valence-electron chi connectivity index (χ0n) is 9.48. The molecule has 1 aromatic rings. The van der Waals surface area contributed by atoms with Crippen molar-refractivity contribution in [2.24, 2.45) is 5.92 Å². The molecule has 1 saturated heterocycles. The molecule has 0 atom stereocenters. The lowest BCUT2D eigenvalue weighted by Gasteiger charge is -2.22. The van der Waals surface area contributed by atoms with Gasteiger partial charge in [0.15, 0.2) is 0 Å². The van der Waals surface area contributed by atoms with Crippen LogP contribution in [0.4, 0.5) is 0 Å². The highest BCUT2D eigenvalue weighted by Crippen LogP contribution is 2.15. The van der Waals surface area contributed by atoms with Gasteiger partial charge in [0, 0.05) is 12.7 Å². The highest BCUT2D eigenvalue weighted by molar-refractivity contribution is 5.87. The van der Waals surface area contributed by atoms with Crippen molar-refractivity contribution < 1.29 is 9.53 Å². The standard InChI is InChI=1S/C11H17N3O2/c1-16-11(15)10-4-7-13-14(10)8-9-2-5-12-6-3-9/h4,7,9,12H,2-3,5-6,8H2,1H3. The predicted molar refractivity (Wildman–Crippen MR) is 59.2 cm³/mol. The number of hydrogen-bond donors (Lipinski definition) is 1. The Hall–Kier alpha value is -1.36. The Morgan fingerprint density at radius 1 is 1.62 bits per heavy atom. The summed E-state index contributed by atoms with van der Waals surface area (Å²) in [5, 5.41) is 7.50. The van der Waals surface area contributed by atoms with E-state index in [1.165, 1.54) is 7.11 Å². The molecule has 88 valence electrons. The van der Waals surface area contributed by atoms with Crippen molar-refractivity contribution in [3.8, 4) is 0 Å².